The van der Waals surface area contributed by atoms with E-state index in [0.717, 1.165) is 6.92 Å². The molecule has 0 aliphatic heterocycles. The predicted molar refractivity (Wildman–Crippen MR) is 59.4 cm³/mol. The summed E-state index contributed by atoms with van der Waals surface area (Å²) in [5.74, 6) is -1.34. The molecule has 0 saturated carbocycles. The van der Waals surface area contributed by atoms with Crippen LogP contribution in [0.2, 0.25) is 0 Å². The van der Waals surface area contributed by atoms with Crippen molar-refractivity contribution >= 4 is 0 Å². The van der Waals surface area contributed by atoms with E-state index in [0.29, 0.717) is 19.8 Å². The monoisotopic (exact) mass is 274 g/mol. The minimum Gasteiger partial charge on any atom is -0.394 e. The Labute approximate surface area is 105 Å². The highest BCUT2D eigenvalue weighted by atomic mass is 19.4. The van der Waals surface area contributed by atoms with Gasteiger partial charge in [0.2, 0.25) is 0 Å². The molecular weight excluding hydrogens is 253 g/mol. The summed E-state index contributed by atoms with van der Waals surface area (Å²) in [6.07, 6.45) is -4.19. The largest absolute Gasteiger partial charge is 0.394 e. The van der Waals surface area contributed by atoms with Crippen LogP contribution in [0.15, 0.2) is 0 Å². The van der Waals surface area contributed by atoms with E-state index in [1.807, 2.05) is 0 Å². The van der Waals surface area contributed by atoms with E-state index < -0.39 is 12.1 Å². The molecule has 0 aromatic rings. The van der Waals surface area contributed by atoms with E-state index in [1.165, 1.54) is 0 Å². The molecule has 7 heteroatoms. The van der Waals surface area contributed by atoms with Crippen LogP contribution in [0.25, 0.3) is 0 Å². The average molecular weight is 274 g/mol. The van der Waals surface area contributed by atoms with Crippen LogP contribution in [0.4, 0.5) is 13.2 Å². The minimum atomic E-state index is -4.15. The van der Waals surface area contributed by atoms with Crippen molar-refractivity contribution < 1.29 is 32.5 Å². The zero-order chi connectivity index (χ0) is 13.9. The molecule has 0 aliphatic carbocycles. The predicted octanol–water partition coefficient (Wildman–Crippen LogP) is 1.62. The number of rotatable bonds is 11. The molecule has 0 aromatic heterocycles. The van der Waals surface area contributed by atoms with Crippen molar-refractivity contribution in [2.45, 2.75) is 19.5 Å². The van der Waals surface area contributed by atoms with Gasteiger partial charge >= 0.3 is 6.18 Å². The van der Waals surface area contributed by atoms with Crippen LogP contribution >= 0.6 is 0 Å². The standard InChI is InChI=1S/C11H21F3O4/c1-10(11(12,13)14)2-4-16-6-8-18-9-7-17-5-3-15/h10,15H,2-9H2,1H3. The lowest BCUT2D eigenvalue weighted by molar-refractivity contribution is -0.174. The van der Waals surface area contributed by atoms with Gasteiger partial charge in [-0.3, -0.25) is 0 Å². The Kier molecular flexibility index (Phi) is 10.3. The summed E-state index contributed by atoms with van der Waals surface area (Å²) in [6, 6.07) is 0. The molecule has 0 aliphatic rings. The van der Waals surface area contributed by atoms with Gasteiger partial charge in [-0.05, 0) is 6.42 Å². The second-order valence-electron chi connectivity index (χ2n) is 3.79. The smallest absolute Gasteiger partial charge is 0.391 e. The summed E-state index contributed by atoms with van der Waals surface area (Å²) in [4.78, 5) is 0. The summed E-state index contributed by atoms with van der Waals surface area (Å²) in [7, 11) is 0. The third-order valence-electron chi connectivity index (χ3n) is 2.23. The molecule has 1 unspecified atom stereocenters. The second-order valence-corrected chi connectivity index (χ2v) is 3.79. The number of hydrogen-bond donors (Lipinski definition) is 1. The van der Waals surface area contributed by atoms with Crippen molar-refractivity contribution in [1.29, 1.82) is 0 Å². The third-order valence-corrected chi connectivity index (χ3v) is 2.23. The number of halogens is 3. The first-order chi connectivity index (χ1) is 8.48. The minimum absolute atomic E-state index is 0.0273. The van der Waals surface area contributed by atoms with E-state index in [-0.39, 0.29) is 32.8 Å². The van der Waals surface area contributed by atoms with Crippen molar-refractivity contribution in [3.05, 3.63) is 0 Å². The van der Waals surface area contributed by atoms with Gasteiger partial charge in [0.15, 0.2) is 0 Å². The quantitative estimate of drug-likeness (QED) is 0.582. The fourth-order valence-electron chi connectivity index (χ4n) is 1.03. The van der Waals surface area contributed by atoms with E-state index in [2.05, 4.69) is 0 Å². The summed E-state index contributed by atoms with van der Waals surface area (Å²) >= 11 is 0. The van der Waals surface area contributed by atoms with Gasteiger partial charge in [-0.25, -0.2) is 0 Å². The lowest BCUT2D eigenvalue weighted by atomic mass is 10.1. The lowest BCUT2D eigenvalue weighted by Crippen LogP contribution is -2.21. The van der Waals surface area contributed by atoms with Crippen molar-refractivity contribution in [2.75, 3.05) is 46.2 Å². The molecule has 0 fully saturated rings. The van der Waals surface area contributed by atoms with Crippen LogP contribution in [0.5, 0.6) is 0 Å². The molecule has 0 rings (SSSR count). The summed E-state index contributed by atoms with van der Waals surface area (Å²) in [6.45, 7) is 2.81. The van der Waals surface area contributed by atoms with Crippen molar-refractivity contribution in [3.63, 3.8) is 0 Å². The van der Waals surface area contributed by atoms with E-state index in [1.54, 1.807) is 0 Å². The normalized spacial score (nSPS) is 13.8. The number of aliphatic hydroxyl groups is 1. The van der Waals surface area contributed by atoms with Gasteiger partial charge in [-0.15, -0.1) is 0 Å². The Bertz CT molecular complexity index is 188. The van der Waals surface area contributed by atoms with E-state index in [4.69, 9.17) is 19.3 Å². The molecule has 0 saturated heterocycles. The first kappa shape index (κ1) is 17.6. The number of hydrogen-bond acceptors (Lipinski definition) is 4. The highest BCUT2D eigenvalue weighted by Gasteiger charge is 2.35. The fraction of sp³-hybridized carbons (Fsp3) is 1.00. The first-order valence-corrected chi connectivity index (χ1v) is 5.89. The zero-order valence-electron chi connectivity index (χ0n) is 10.5. The van der Waals surface area contributed by atoms with Crippen LogP contribution < -0.4 is 0 Å². The van der Waals surface area contributed by atoms with Gasteiger partial charge < -0.3 is 19.3 Å². The molecule has 110 valence electrons. The SMILES string of the molecule is CC(CCOCCOCCOCCO)C(F)(F)F. The van der Waals surface area contributed by atoms with Crippen molar-refractivity contribution in [2.24, 2.45) is 5.92 Å². The molecule has 0 heterocycles. The average Bonchev–Trinajstić information content (AvgIpc) is 2.30. The lowest BCUT2D eigenvalue weighted by Gasteiger charge is -2.15. The number of alkyl halides is 3. The number of ether oxygens (including phenoxy) is 3. The van der Waals surface area contributed by atoms with Crippen LogP contribution in [-0.4, -0.2) is 57.5 Å². The van der Waals surface area contributed by atoms with Crippen LogP contribution in [-0.2, 0) is 14.2 Å². The highest BCUT2D eigenvalue weighted by molar-refractivity contribution is 4.61. The van der Waals surface area contributed by atoms with E-state index >= 15 is 0 Å². The van der Waals surface area contributed by atoms with Gasteiger partial charge in [0.1, 0.15) is 0 Å². The molecule has 4 nitrogen and oxygen atoms in total. The van der Waals surface area contributed by atoms with Crippen LogP contribution in [0, 0.1) is 5.92 Å². The Balaban J connectivity index is 3.17. The first-order valence-electron chi connectivity index (χ1n) is 5.89. The molecular formula is C11H21F3O4. The topological polar surface area (TPSA) is 47.9 Å². The summed E-state index contributed by atoms with van der Waals surface area (Å²) in [5, 5.41) is 8.40. The maximum Gasteiger partial charge on any atom is 0.391 e. The zero-order valence-corrected chi connectivity index (χ0v) is 10.5. The summed E-state index contributed by atoms with van der Waals surface area (Å²) < 4.78 is 51.4. The molecule has 1 atom stereocenters. The Morgan fingerprint density at radius 2 is 1.33 bits per heavy atom. The molecule has 18 heavy (non-hydrogen) atoms. The Morgan fingerprint density at radius 1 is 0.889 bits per heavy atom. The van der Waals surface area contributed by atoms with Gasteiger partial charge in [-0.1, -0.05) is 6.92 Å². The molecule has 0 amide bonds. The number of aliphatic hydroxyl groups excluding tert-OH is 1. The van der Waals surface area contributed by atoms with Crippen LogP contribution in [0.1, 0.15) is 13.3 Å². The van der Waals surface area contributed by atoms with E-state index in [9.17, 15) is 13.2 Å². The van der Waals surface area contributed by atoms with Gasteiger partial charge in [0, 0.05) is 6.61 Å². The Hall–Kier alpha value is -0.370. The van der Waals surface area contributed by atoms with Gasteiger partial charge in [0.25, 0.3) is 0 Å². The highest BCUT2D eigenvalue weighted by Crippen LogP contribution is 2.27. The second kappa shape index (κ2) is 10.5. The van der Waals surface area contributed by atoms with Crippen molar-refractivity contribution in [1.82, 2.24) is 0 Å². The van der Waals surface area contributed by atoms with Crippen molar-refractivity contribution in [3.8, 4) is 0 Å². The molecule has 0 radical (unpaired) electrons. The molecule has 0 bridgehead atoms. The Morgan fingerprint density at radius 3 is 1.78 bits per heavy atom. The maximum atomic E-state index is 12.1. The third kappa shape index (κ3) is 10.8. The fourth-order valence-corrected chi connectivity index (χ4v) is 1.03. The maximum absolute atomic E-state index is 12.1. The molecule has 1 N–H and O–H groups in total. The molecule has 0 spiro atoms. The van der Waals surface area contributed by atoms with Gasteiger partial charge in [0.05, 0.1) is 45.6 Å². The summed E-state index contributed by atoms with van der Waals surface area (Å²) in [5.41, 5.74) is 0. The van der Waals surface area contributed by atoms with Crippen LogP contribution in [0.3, 0.4) is 0 Å². The molecule has 0 aromatic carbocycles. The van der Waals surface area contributed by atoms with Gasteiger partial charge in [-0.2, -0.15) is 13.2 Å².